The first-order chi connectivity index (χ1) is 14.3. The van der Waals surface area contributed by atoms with E-state index in [9.17, 15) is 14.4 Å². The molecule has 2 heterocycles. The van der Waals surface area contributed by atoms with Gasteiger partial charge in [-0.05, 0) is 61.7 Å². The lowest BCUT2D eigenvalue weighted by atomic mass is 9.79. The number of aryl methyl sites for hydroxylation is 2. The molecule has 2 aromatic carbocycles. The van der Waals surface area contributed by atoms with E-state index in [0.29, 0.717) is 16.3 Å². The Hall–Kier alpha value is -3.19. The fraction of sp³-hybridized carbons (Fsp3) is 0.273. The van der Waals surface area contributed by atoms with Crippen molar-refractivity contribution in [3.63, 3.8) is 0 Å². The van der Waals surface area contributed by atoms with Crippen LogP contribution >= 0.6 is 11.6 Å². The van der Waals surface area contributed by atoms with Gasteiger partial charge >= 0.3 is 5.97 Å². The number of nitrogens with zero attached hydrogens (tertiary/aromatic N) is 2. The molecule has 0 radical (unpaired) electrons. The van der Waals surface area contributed by atoms with Gasteiger partial charge in [-0.3, -0.25) is 15.0 Å². The first-order valence-corrected chi connectivity index (χ1v) is 9.92. The molecule has 7 nitrogen and oxygen atoms in total. The Morgan fingerprint density at radius 3 is 2.40 bits per heavy atom. The van der Waals surface area contributed by atoms with Gasteiger partial charge in [-0.15, -0.1) is 0 Å². The van der Waals surface area contributed by atoms with Crippen molar-refractivity contribution in [3.05, 3.63) is 64.2 Å². The van der Waals surface area contributed by atoms with Crippen LogP contribution in [0.4, 0.5) is 5.69 Å². The number of ether oxygens (including phenoxy) is 1. The van der Waals surface area contributed by atoms with Crippen molar-refractivity contribution in [3.8, 4) is 0 Å². The van der Waals surface area contributed by atoms with Crippen LogP contribution in [0.2, 0.25) is 5.02 Å². The van der Waals surface area contributed by atoms with Crippen LogP contribution in [0.15, 0.2) is 47.6 Å². The molecule has 0 bridgehead atoms. The molecule has 2 aliphatic rings. The number of carbonyl (C=O) groups excluding carboxylic acids is 3. The second-order valence-corrected chi connectivity index (χ2v) is 7.84. The first kappa shape index (κ1) is 20.1. The fourth-order valence-corrected chi connectivity index (χ4v) is 4.25. The molecule has 1 fully saturated rings. The highest BCUT2D eigenvalue weighted by Gasteiger charge is 2.67. The average Bonchev–Trinajstić information content (AvgIpc) is 3.18. The number of amides is 2. The van der Waals surface area contributed by atoms with E-state index in [1.54, 1.807) is 43.3 Å². The summed E-state index contributed by atoms with van der Waals surface area (Å²) < 4.78 is 5.08. The van der Waals surface area contributed by atoms with Gasteiger partial charge in [-0.25, -0.2) is 9.69 Å². The first-order valence-electron chi connectivity index (χ1n) is 9.54. The maximum atomic E-state index is 13.7. The monoisotopic (exact) mass is 425 g/mol. The Balaban J connectivity index is 1.88. The topological polar surface area (TPSA) is 88.1 Å². The van der Waals surface area contributed by atoms with E-state index in [4.69, 9.17) is 16.3 Å². The summed E-state index contributed by atoms with van der Waals surface area (Å²) in [6, 6.07) is 12.0. The van der Waals surface area contributed by atoms with Crippen LogP contribution < -0.4 is 10.3 Å². The number of rotatable bonds is 4. The largest absolute Gasteiger partial charge is 0.461 e. The number of benzene rings is 2. The summed E-state index contributed by atoms with van der Waals surface area (Å²) in [4.78, 5) is 40.9. The lowest BCUT2D eigenvalue weighted by Crippen LogP contribution is -2.48. The van der Waals surface area contributed by atoms with Crippen molar-refractivity contribution in [2.75, 3.05) is 11.5 Å². The third kappa shape index (κ3) is 2.89. The van der Waals surface area contributed by atoms with E-state index in [1.165, 1.54) is 0 Å². The van der Waals surface area contributed by atoms with Gasteiger partial charge in [0.25, 0.3) is 5.91 Å². The van der Waals surface area contributed by atoms with Crippen LogP contribution in [0.3, 0.4) is 0 Å². The highest BCUT2D eigenvalue weighted by atomic mass is 35.5. The van der Waals surface area contributed by atoms with Gasteiger partial charge in [0.1, 0.15) is 5.92 Å². The number of carbonyl (C=O) groups is 3. The molecule has 1 saturated heterocycles. The van der Waals surface area contributed by atoms with Crippen molar-refractivity contribution < 1.29 is 19.1 Å². The zero-order chi connectivity index (χ0) is 21.6. The van der Waals surface area contributed by atoms with E-state index < -0.39 is 29.2 Å². The molecule has 8 heteroatoms. The average molecular weight is 426 g/mol. The van der Waals surface area contributed by atoms with Gasteiger partial charge in [0.2, 0.25) is 5.91 Å². The van der Waals surface area contributed by atoms with Crippen LogP contribution in [0.5, 0.6) is 0 Å². The number of hydrazone groups is 1. The molecule has 154 valence electrons. The Bertz CT molecular complexity index is 1080. The van der Waals surface area contributed by atoms with Crippen molar-refractivity contribution in [1.29, 1.82) is 0 Å². The van der Waals surface area contributed by atoms with Crippen LogP contribution in [-0.2, 0) is 24.7 Å². The molecule has 4 rings (SSSR count). The Morgan fingerprint density at radius 1 is 1.17 bits per heavy atom. The molecule has 0 unspecified atom stereocenters. The number of imide groups is 1. The van der Waals surface area contributed by atoms with E-state index in [0.717, 1.165) is 16.0 Å². The Labute approximate surface area is 178 Å². The summed E-state index contributed by atoms with van der Waals surface area (Å²) in [5, 5.41) is 4.55. The van der Waals surface area contributed by atoms with Crippen LogP contribution in [-0.4, -0.2) is 30.1 Å². The van der Waals surface area contributed by atoms with Gasteiger partial charge < -0.3 is 4.74 Å². The minimum atomic E-state index is -1.54. The van der Waals surface area contributed by atoms with Gasteiger partial charge in [-0.2, -0.15) is 5.10 Å². The molecule has 1 N–H and O–H groups in total. The molecule has 0 saturated carbocycles. The van der Waals surface area contributed by atoms with Crippen molar-refractivity contribution in [2.45, 2.75) is 26.3 Å². The number of halogens is 1. The molecule has 30 heavy (non-hydrogen) atoms. The third-order valence-electron chi connectivity index (χ3n) is 5.32. The van der Waals surface area contributed by atoms with Gasteiger partial charge in [0.05, 0.1) is 12.3 Å². The molecule has 0 aliphatic carbocycles. The van der Waals surface area contributed by atoms with Gasteiger partial charge in [-0.1, -0.05) is 29.8 Å². The summed E-state index contributed by atoms with van der Waals surface area (Å²) >= 11 is 6.02. The summed E-state index contributed by atoms with van der Waals surface area (Å²) in [6.45, 7) is 5.57. The fourth-order valence-electron chi connectivity index (χ4n) is 4.12. The second kappa shape index (κ2) is 7.25. The normalized spacial score (nSPS) is 22.6. The molecular weight excluding hydrogens is 406 g/mol. The second-order valence-electron chi connectivity index (χ2n) is 7.40. The summed E-state index contributed by atoms with van der Waals surface area (Å²) in [6.07, 6.45) is 0. The minimum Gasteiger partial charge on any atom is -0.461 e. The molecule has 2 amide bonds. The zero-order valence-electron chi connectivity index (χ0n) is 16.7. The SMILES string of the molecule is CCOC(=O)C1=NN[C@@]2(c3ccc(Cl)cc3)C(=O)N(c3cc(C)cc(C)c3)C(=O)[C@H]12. The number of anilines is 1. The predicted molar refractivity (Wildman–Crippen MR) is 112 cm³/mol. The smallest absolute Gasteiger partial charge is 0.355 e. The lowest BCUT2D eigenvalue weighted by molar-refractivity contribution is -0.136. The number of fused-ring (bicyclic) bond motifs is 1. The molecule has 2 aliphatic heterocycles. The molecule has 2 aromatic rings. The maximum absolute atomic E-state index is 13.7. The summed E-state index contributed by atoms with van der Waals surface area (Å²) in [5.74, 6) is -2.91. The van der Waals surface area contributed by atoms with Crippen molar-refractivity contribution in [1.82, 2.24) is 5.43 Å². The number of esters is 1. The molecule has 0 spiro atoms. The zero-order valence-corrected chi connectivity index (χ0v) is 17.5. The van der Waals surface area contributed by atoms with E-state index in [1.807, 2.05) is 19.9 Å². The predicted octanol–water partition coefficient (Wildman–Crippen LogP) is 2.86. The number of nitrogens with one attached hydrogen (secondary N) is 1. The summed E-state index contributed by atoms with van der Waals surface area (Å²) in [5.41, 5.74) is 3.91. The lowest BCUT2D eigenvalue weighted by Gasteiger charge is -2.26. The van der Waals surface area contributed by atoms with Crippen molar-refractivity contribution >= 4 is 40.8 Å². The molecule has 0 aromatic heterocycles. The van der Waals surface area contributed by atoms with Crippen LogP contribution in [0.1, 0.15) is 23.6 Å². The Kier molecular flexibility index (Phi) is 4.86. The highest BCUT2D eigenvalue weighted by molar-refractivity contribution is 6.47. The molecule has 2 atom stereocenters. The standard InChI is InChI=1S/C22H20ClN3O4/c1-4-30-20(28)18-17-19(27)26(16-10-12(2)9-13(3)11-16)21(29)22(17,25-24-18)14-5-7-15(23)8-6-14/h5-11,17,25H,4H2,1-3H3/t17-,22+/m0/s1. The highest BCUT2D eigenvalue weighted by Crippen LogP contribution is 2.45. The minimum absolute atomic E-state index is 0.114. The number of hydrogen-bond donors (Lipinski definition) is 1. The number of hydrogen-bond acceptors (Lipinski definition) is 6. The Morgan fingerprint density at radius 2 is 1.80 bits per heavy atom. The van der Waals surface area contributed by atoms with Crippen molar-refractivity contribution in [2.24, 2.45) is 11.0 Å². The van der Waals surface area contributed by atoms with E-state index in [-0.39, 0.29) is 12.3 Å². The van der Waals surface area contributed by atoms with Gasteiger partial charge in [0.15, 0.2) is 11.3 Å². The van der Waals surface area contributed by atoms with Crippen LogP contribution in [0.25, 0.3) is 0 Å². The van der Waals surface area contributed by atoms with E-state index >= 15 is 0 Å². The van der Waals surface area contributed by atoms with E-state index in [2.05, 4.69) is 10.5 Å². The summed E-state index contributed by atoms with van der Waals surface area (Å²) in [7, 11) is 0. The quantitative estimate of drug-likeness (QED) is 0.601. The maximum Gasteiger partial charge on any atom is 0.355 e. The third-order valence-corrected chi connectivity index (χ3v) is 5.57. The van der Waals surface area contributed by atoms with Crippen LogP contribution in [0, 0.1) is 19.8 Å². The molecular formula is C22H20ClN3O4. The van der Waals surface area contributed by atoms with Gasteiger partial charge in [0, 0.05) is 5.02 Å².